The quantitative estimate of drug-likeness (QED) is 0.767. The summed E-state index contributed by atoms with van der Waals surface area (Å²) in [6.07, 6.45) is 0.788. The molecule has 1 aromatic rings. The number of methoxy groups -OCH3 is 1. The molecule has 2 amide bonds. The monoisotopic (exact) mass is 217 g/mol. The molecule has 2 rings (SSSR count). The fourth-order valence-electron chi connectivity index (χ4n) is 1.69. The number of amides is 2. The maximum atomic E-state index is 11.5. The average Bonchev–Trinajstić information content (AvgIpc) is 2.61. The van der Waals surface area contributed by atoms with Gasteiger partial charge in [-0.1, -0.05) is 30.3 Å². The first kappa shape index (κ1) is 10.6. The van der Waals surface area contributed by atoms with Crippen molar-refractivity contribution >= 4 is 11.8 Å². The smallest absolute Gasteiger partial charge is 0.257 e. The van der Waals surface area contributed by atoms with Crippen molar-refractivity contribution in [3.8, 4) is 0 Å². The summed E-state index contributed by atoms with van der Waals surface area (Å²) in [5.41, 5.74) is 1.19. The van der Waals surface area contributed by atoms with Crippen LogP contribution in [0.3, 0.4) is 0 Å². The number of ether oxygens (including phenoxy) is 1. The molecule has 82 valence electrons. The van der Waals surface area contributed by atoms with Gasteiger partial charge in [0.2, 0.25) is 0 Å². The Morgan fingerprint density at radius 3 is 2.38 bits per heavy atom. The molecule has 0 aromatic heterocycles. The number of hydrogen-bond donors (Lipinski definition) is 1. The third-order valence-electron chi connectivity index (χ3n) is 2.41. The molecule has 0 saturated heterocycles. The van der Waals surface area contributed by atoms with Crippen molar-refractivity contribution in [2.24, 2.45) is 0 Å². The Morgan fingerprint density at radius 2 is 1.88 bits per heavy atom. The van der Waals surface area contributed by atoms with E-state index in [0.717, 1.165) is 5.56 Å². The molecule has 0 aliphatic carbocycles. The molecule has 4 heteroatoms. The highest BCUT2D eigenvalue weighted by atomic mass is 16.5. The van der Waals surface area contributed by atoms with Gasteiger partial charge in [-0.3, -0.25) is 14.9 Å². The Hall–Kier alpha value is -1.94. The Morgan fingerprint density at radius 1 is 1.19 bits per heavy atom. The van der Waals surface area contributed by atoms with Crippen LogP contribution < -0.4 is 5.32 Å². The lowest BCUT2D eigenvalue weighted by Crippen LogP contribution is -2.24. The maximum absolute atomic E-state index is 11.5. The second-order valence-electron chi connectivity index (χ2n) is 3.44. The van der Waals surface area contributed by atoms with Gasteiger partial charge in [0, 0.05) is 13.2 Å². The van der Waals surface area contributed by atoms with Crippen LogP contribution in [0.25, 0.3) is 0 Å². The molecule has 0 bridgehead atoms. The molecule has 1 atom stereocenters. The number of rotatable bonds is 3. The van der Waals surface area contributed by atoms with Crippen LogP contribution in [0.1, 0.15) is 11.7 Å². The highest BCUT2D eigenvalue weighted by Gasteiger charge is 2.28. The first-order valence-electron chi connectivity index (χ1n) is 4.87. The standard InChI is InChI=1S/C12H11NO3/c1-16-11(8-5-3-2-4-6-8)9-7-10(14)13-12(9)15/h2-7,11H,1H3,(H,13,14,15). The summed E-state index contributed by atoms with van der Waals surface area (Å²) in [7, 11) is 1.51. The van der Waals surface area contributed by atoms with Crippen LogP contribution in [0, 0.1) is 0 Å². The molecular weight excluding hydrogens is 206 g/mol. The summed E-state index contributed by atoms with van der Waals surface area (Å²) in [6.45, 7) is 0. The zero-order valence-electron chi connectivity index (χ0n) is 8.77. The van der Waals surface area contributed by atoms with Crippen molar-refractivity contribution < 1.29 is 14.3 Å². The lowest BCUT2D eigenvalue weighted by atomic mass is 10.0. The third-order valence-corrected chi connectivity index (χ3v) is 2.41. The minimum Gasteiger partial charge on any atom is -0.372 e. The fourth-order valence-corrected chi connectivity index (χ4v) is 1.69. The Kier molecular flexibility index (Phi) is 2.83. The summed E-state index contributed by atoms with van der Waals surface area (Å²) < 4.78 is 5.26. The van der Waals surface area contributed by atoms with Gasteiger partial charge in [0.15, 0.2) is 0 Å². The minimum atomic E-state index is -0.493. The normalized spacial score (nSPS) is 16.9. The zero-order chi connectivity index (χ0) is 11.5. The van der Waals surface area contributed by atoms with Gasteiger partial charge in [-0.15, -0.1) is 0 Å². The van der Waals surface area contributed by atoms with Crippen LogP contribution in [-0.2, 0) is 14.3 Å². The summed E-state index contributed by atoms with van der Waals surface area (Å²) in [5, 5.41) is 2.20. The largest absolute Gasteiger partial charge is 0.372 e. The Bertz CT molecular complexity index is 451. The van der Waals surface area contributed by atoms with E-state index in [-0.39, 0.29) is 5.91 Å². The van der Waals surface area contributed by atoms with Crippen LogP contribution in [0.2, 0.25) is 0 Å². The second kappa shape index (κ2) is 4.28. The SMILES string of the molecule is COC(C1=CC(=O)NC1=O)c1ccccc1. The van der Waals surface area contributed by atoms with E-state index < -0.39 is 12.0 Å². The Labute approximate surface area is 92.9 Å². The van der Waals surface area contributed by atoms with E-state index in [1.54, 1.807) is 0 Å². The molecular formula is C12H11NO3. The fraction of sp³-hybridized carbons (Fsp3) is 0.167. The first-order chi connectivity index (χ1) is 7.72. The van der Waals surface area contributed by atoms with Crippen molar-refractivity contribution in [3.63, 3.8) is 0 Å². The number of imide groups is 1. The van der Waals surface area contributed by atoms with Gasteiger partial charge in [-0.2, -0.15) is 0 Å². The molecule has 1 N–H and O–H groups in total. The average molecular weight is 217 g/mol. The van der Waals surface area contributed by atoms with Gasteiger partial charge in [0.1, 0.15) is 6.10 Å². The summed E-state index contributed by atoms with van der Waals surface area (Å²) >= 11 is 0. The predicted octanol–water partition coefficient (Wildman–Crippen LogP) is 0.957. The third kappa shape index (κ3) is 1.87. The maximum Gasteiger partial charge on any atom is 0.257 e. The molecule has 1 aromatic carbocycles. The number of carbonyl (C=O) groups excluding carboxylic acids is 2. The molecule has 1 aliphatic heterocycles. The molecule has 1 heterocycles. The van der Waals surface area contributed by atoms with E-state index >= 15 is 0 Å². The van der Waals surface area contributed by atoms with Crippen molar-refractivity contribution in [2.45, 2.75) is 6.10 Å². The molecule has 0 radical (unpaired) electrons. The predicted molar refractivity (Wildman–Crippen MR) is 57.4 cm³/mol. The van der Waals surface area contributed by atoms with Crippen molar-refractivity contribution in [3.05, 3.63) is 47.5 Å². The van der Waals surface area contributed by atoms with Gasteiger partial charge in [0.05, 0.1) is 5.57 Å². The highest BCUT2D eigenvalue weighted by molar-refractivity contribution is 6.16. The summed E-state index contributed by atoms with van der Waals surface area (Å²) in [6, 6.07) is 9.30. The van der Waals surface area contributed by atoms with Crippen molar-refractivity contribution in [1.29, 1.82) is 0 Å². The summed E-state index contributed by atoms with van der Waals surface area (Å²) in [4.78, 5) is 22.5. The first-order valence-corrected chi connectivity index (χ1v) is 4.87. The van der Waals surface area contributed by atoms with Gasteiger partial charge >= 0.3 is 0 Å². The van der Waals surface area contributed by atoms with Gasteiger partial charge < -0.3 is 4.74 Å². The van der Waals surface area contributed by atoms with Crippen LogP contribution in [0.5, 0.6) is 0 Å². The van der Waals surface area contributed by atoms with E-state index in [0.29, 0.717) is 5.57 Å². The molecule has 0 saturated carbocycles. The lowest BCUT2D eigenvalue weighted by Gasteiger charge is -2.15. The molecule has 0 fully saturated rings. The van der Waals surface area contributed by atoms with Gasteiger partial charge in [-0.05, 0) is 5.56 Å². The number of benzene rings is 1. The van der Waals surface area contributed by atoms with Crippen LogP contribution >= 0.6 is 0 Å². The molecule has 0 spiro atoms. The van der Waals surface area contributed by atoms with Crippen LogP contribution in [0.4, 0.5) is 0 Å². The Balaban J connectivity index is 2.34. The van der Waals surface area contributed by atoms with Crippen molar-refractivity contribution in [1.82, 2.24) is 5.32 Å². The number of nitrogens with one attached hydrogen (secondary N) is 1. The number of carbonyl (C=O) groups is 2. The summed E-state index contributed by atoms with van der Waals surface area (Å²) in [5.74, 6) is -0.779. The topological polar surface area (TPSA) is 55.4 Å². The number of hydrogen-bond acceptors (Lipinski definition) is 3. The van der Waals surface area contributed by atoms with Crippen LogP contribution in [0.15, 0.2) is 42.0 Å². The van der Waals surface area contributed by atoms with Gasteiger partial charge in [0.25, 0.3) is 11.8 Å². The van der Waals surface area contributed by atoms with E-state index in [1.807, 2.05) is 30.3 Å². The molecule has 16 heavy (non-hydrogen) atoms. The molecule has 4 nitrogen and oxygen atoms in total. The molecule has 1 aliphatic rings. The van der Waals surface area contributed by atoms with E-state index in [9.17, 15) is 9.59 Å². The van der Waals surface area contributed by atoms with E-state index in [2.05, 4.69) is 5.32 Å². The van der Waals surface area contributed by atoms with E-state index in [4.69, 9.17) is 4.74 Å². The lowest BCUT2D eigenvalue weighted by molar-refractivity contribution is -0.124. The van der Waals surface area contributed by atoms with Gasteiger partial charge in [-0.25, -0.2) is 0 Å². The van der Waals surface area contributed by atoms with E-state index in [1.165, 1.54) is 13.2 Å². The highest BCUT2D eigenvalue weighted by Crippen LogP contribution is 2.26. The second-order valence-corrected chi connectivity index (χ2v) is 3.44. The van der Waals surface area contributed by atoms with Crippen molar-refractivity contribution in [2.75, 3.05) is 7.11 Å². The minimum absolute atomic E-state index is 0.346. The zero-order valence-corrected chi connectivity index (χ0v) is 8.77. The van der Waals surface area contributed by atoms with Crippen LogP contribution in [-0.4, -0.2) is 18.9 Å². The molecule has 1 unspecified atom stereocenters.